The smallest absolute Gasteiger partial charge is 0.414 e. The van der Waals surface area contributed by atoms with Crippen LogP contribution in [0.4, 0.5) is 13.2 Å². The minimum Gasteiger partial charge on any atom is -0.484 e. The standard InChI is InChI=1S/C19H17F3N4O3/c20-19(21,22)18(14-8-4-5-11-23-14)24-15(27)9-10-16-25-26-17(29-16)12-28-13-6-2-1-3-7-13/h1-8,11,18H,9-10,12H2,(H,24,27)/t18-/m0/s1. The second-order valence-corrected chi connectivity index (χ2v) is 5.99. The fraction of sp³-hybridized carbons (Fsp3) is 0.263. The third-order valence-corrected chi connectivity index (χ3v) is 3.80. The SMILES string of the molecule is O=C(CCc1nnc(COc2ccccc2)o1)N[C@@H](c1ccccn1)C(F)(F)F. The first kappa shape index (κ1) is 20.3. The molecule has 1 atom stereocenters. The van der Waals surface area contributed by atoms with E-state index in [2.05, 4.69) is 15.2 Å². The molecule has 0 aliphatic carbocycles. The van der Waals surface area contributed by atoms with Crippen LogP contribution in [-0.4, -0.2) is 27.3 Å². The van der Waals surface area contributed by atoms with Crippen LogP contribution in [0.5, 0.6) is 5.75 Å². The van der Waals surface area contributed by atoms with Gasteiger partial charge in [-0.05, 0) is 24.3 Å². The van der Waals surface area contributed by atoms with Gasteiger partial charge in [0.1, 0.15) is 5.75 Å². The van der Waals surface area contributed by atoms with Gasteiger partial charge in [0.25, 0.3) is 5.89 Å². The normalized spacial score (nSPS) is 12.4. The van der Waals surface area contributed by atoms with Crippen LogP contribution in [0.15, 0.2) is 59.1 Å². The number of halogens is 3. The number of aryl methyl sites for hydroxylation is 1. The van der Waals surface area contributed by atoms with E-state index in [-0.39, 0.29) is 36.9 Å². The van der Waals surface area contributed by atoms with Gasteiger partial charge in [0, 0.05) is 19.0 Å². The molecule has 2 aromatic heterocycles. The van der Waals surface area contributed by atoms with Gasteiger partial charge >= 0.3 is 6.18 Å². The first-order valence-corrected chi connectivity index (χ1v) is 8.68. The summed E-state index contributed by atoms with van der Waals surface area (Å²) in [5.41, 5.74) is -0.286. The van der Waals surface area contributed by atoms with Gasteiger partial charge in [-0.25, -0.2) is 0 Å². The maximum atomic E-state index is 13.2. The lowest BCUT2D eigenvalue weighted by atomic mass is 10.1. The number of alkyl halides is 3. The monoisotopic (exact) mass is 406 g/mol. The fourth-order valence-corrected chi connectivity index (χ4v) is 2.43. The average Bonchev–Trinajstić information content (AvgIpc) is 3.17. The molecule has 1 aromatic carbocycles. The lowest BCUT2D eigenvalue weighted by molar-refractivity contribution is -0.164. The number of aromatic nitrogens is 3. The number of para-hydroxylation sites is 1. The first-order valence-electron chi connectivity index (χ1n) is 8.68. The van der Waals surface area contributed by atoms with Gasteiger partial charge in [0.15, 0.2) is 12.6 Å². The van der Waals surface area contributed by atoms with Gasteiger partial charge in [-0.15, -0.1) is 10.2 Å². The number of ether oxygens (including phenoxy) is 1. The topological polar surface area (TPSA) is 90.1 Å². The van der Waals surface area contributed by atoms with Gasteiger partial charge in [-0.2, -0.15) is 13.2 Å². The number of hydrogen-bond donors (Lipinski definition) is 1. The maximum absolute atomic E-state index is 13.2. The number of hydrogen-bond acceptors (Lipinski definition) is 6. The van der Waals surface area contributed by atoms with Crippen LogP contribution < -0.4 is 10.1 Å². The minimum absolute atomic E-state index is 0.00301. The molecule has 3 aromatic rings. The molecule has 0 bridgehead atoms. The summed E-state index contributed by atoms with van der Waals surface area (Å²) in [5.74, 6) is 0.150. The number of nitrogens with one attached hydrogen (secondary N) is 1. The zero-order valence-corrected chi connectivity index (χ0v) is 15.1. The second kappa shape index (κ2) is 9.18. The van der Waals surface area contributed by atoms with Crippen molar-refractivity contribution in [1.82, 2.24) is 20.5 Å². The average molecular weight is 406 g/mol. The Morgan fingerprint density at radius 1 is 1.07 bits per heavy atom. The Kier molecular flexibility index (Phi) is 6.43. The van der Waals surface area contributed by atoms with Crippen molar-refractivity contribution in [3.63, 3.8) is 0 Å². The molecule has 1 N–H and O–H groups in total. The molecule has 1 amide bonds. The van der Waals surface area contributed by atoms with Crippen molar-refractivity contribution in [1.29, 1.82) is 0 Å². The molecule has 152 valence electrons. The van der Waals surface area contributed by atoms with E-state index in [9.17, 15) is 18.0 Å². The molecule has 0 aliphatic rings. The molecule has 0 spiro atoms. The van der Waals surface area contributed by atoms with Crippen molar-refractivity contribution in [2.75, 3.05) is 0 Å². The highest BCUT2D eigenvalue weighted by atomic mass is 19.4. The van der Waals surface area contributed by atoms with Gasteiger partial charge in [0.2, 0.25) is 11.8 Å². The molecule has 3 rings (SSSR count). The number of rotatable bonds is 8. The minimum atomic E-state index is -4.67. The molecule has 0 saturated heterocycles. The van der Waals surface area contributed by atoms with E-state index >= 15 is 0 Å². The van der Waals surface area contributed by atoms with Gasteiger partial charge in [-0.1, -0.05) is 24.3 Å². The van der Waals surface area contributed by atoms with Crippen molar-refractivity contribution < 1.29 is 27.1 Å². The summed E-state index contributed by atoms with van der Waals surface area (Å²) in [7, 11) is 0. The molecule has 0 radical (unpaired) electrons. The van der Waals surface area contributed by atoms with Gasteiger partial charge in [-0.3, -0.25) is 9.78 Å². The summed E-state index contributed by atoms with van der Waals surface area (Å²) in [5, 5.41) is 9.52. The van der Waals surface area contributed by atoms with E-state index in [0.717, 1.165) is 0 Å². The van der Waals surface area contributed by atoms with E-state index in [0.29, 0.717) is 5.75 Å². The van der Waals surface area contributed by atoms with Crippen molar-refractivity contribution in [2.45, 2.75) is 31.7 Å². The van der Waals surface area contributed by atoms with E-state index in [1.54, 1.807) is 12.1 Å². The second-order valence-electron chi connectivity index (χ2n) is 5.99. The number of amides is 1. The largest absolute Gasteiger partial charge is 0.484 e. The van der Waals surface area contributed by atoms with Crippen LogP contribution in [0.3, 0.4) is 0 Å². The maximum Gasteiger partial charge on any atom is 0.414 e. The van der Waals surface area contributed by atoms with Crippen molar-refractivity contribution in [3.8, 4) is 5.75 Å². The summed E-state index contributed by atoms with van der Waals surface area (Å²) in [4.78, 5) is 15.7. The van der Waals surface area contributed by atoms with Crippen LogP contribution >= 0.6 is 0 Å². The summed E-state index contributed by atoms with van der Waals surface area (Å²) in [6.45, 7) is 0.0407. The molecular formula is C19H17F3N4O3. The van der Waals surface area contributed by atoms with Crippen molar-refractivity contribution in [3.05, 3.63) is 72.2 Å². The number of benzene rings is 1. The number of pyridine rings is 1. The zero-order valence-electron chi connectivity index (χ0n) is 15.1. The van der Waals surface area contributed by atoms with Crippen molar-refractivity contribution >= 4 is 5.91 Å². The van der Waals surface area contributed by atoms with Crippen molar-refractivity contribution in [2.24, 2.45) is 0 Å². The quantitative estimate of drug-likeness (QED) is 0.617. The predicted octanol–water partition coefficient (Wildman–Crippen LogP) is 3.40. The van der Waals surface area contributed by atoms with Crippen LogP contribution in [0.25, 0.3) is 0 Å². The van der Waals surface area contributed by atoms with E-state index in [1.165, 1.54) is 24.4 Å². The Morgan fingerprint density at radius 2 is 1.79 bits per heavy atom. The zero-order chi connectivity index (χ0) is 20.7. The highest BCUT2D eigenvalue weighted by molar-refractivity contribution is 5.76. The number of carbonyl (C=O) groups is 1. The van der Waals surface area contributed by atoms with E-state index < -0.39 is 18.1 Å². The third-order valence-electron chi connectivity index (χ3n) is 3.80. The number of carbonyl (C=O) groups excluding carboxylic acids is 1. The molecule has 0 saturated carbocycles. The Morgan fingerprint density at radius 3 is 2.48 bits per heavy atom. The molecule has 0 aliphatic heterocycles. The molecule has 2 heterocycles. The molecule has 0 unspecified atom stereocenters. The molecule has 29 heavy (non-hydrogen) atoms. The summed E-state index contributed by atoms with van der Waals surface area (Å²) in [6.07, 6.45) is -3.69. The lowest BCUT2D eigenvalue weighted by Crippen LogP contribution is -2.38. The molecular weight excluding hydrogens is 389 g/mol. The lowest BCUT2D eigenvalue weighted by Gasteiger charge is -2.20. The van der Waals surface area contributed by atoms with Crippen LogP contribution in [0.2, 0.25) is 0 Å². The Bertz CT molecular complexity index is 917. The molecule has 7 nitrogen and oxygen atoms in total. The number of nitrogens with zero attached hydrogens (tertiary/aromatic N) is 3. The predicted molar refractivity (Wildman–Crippen MR) is 94.6 cm³/mol. The first-order chi connectivity index (χ1) is 13.9. The van der Waals surface area contributed by atoms with Crippen LogP contribution in [0.1, 0.15) is 29.9 Å². The van der Waals surface area contributed by atoms with E-state index in [1.807, 2.05) is 23.5 Å². The Hall–Kier alpha value is -3.43. The third kappa shape index (κ3) is 6.03. The Labute approximate surface area is 163 Å². The molecule has 10 heteroatoms. The van der Waals surface area contributed by atoms with E-state index in [4.69, 9.17) is 9.15 Å². The summed E-state index contributed by atoms with van der Waals surface area (Å²) >= 11 is 0. The van der Waals surface area contributed by atoms with Gasteiger partial charge in [0.05, 0.1) is 5.69 Å². The summed E-state index contributed by atoms with van der Waals surface area (Å²) < 4.78 is 50.6. The van der Waals surface area contributed by atoms with Crippen LogP contribution in [-0.2, 0) is 17.8 Å². The highest BCUT2D eigenvalue weighted by Crippen LogP contribution is 2.31. The summed E-state index contributed by atoms with van der Waals surface area (Å²) in [6, 6.07) is 10.9. The van der Waals surface area contributed by atoms with Crippen LogP contribution in [0, 0.1) is 0 Å². The Balaban J connectivity index is 1.51. The molecule has 0 fully saturated rings. The fourth-order valence-electron chi connectivity index (χ4n) is 2.43. The van der Waals surface area contributed by atoms with Gasteiger partial charge < -0.3 is 14.5 Å². The highest BCUT2D eigenvalue weighted by Gasteiger charge is 2.42.